The van der Waals surface area contributed by atoms with Crippen molar-refractivity contribution in [1.29, 1.82) is 0 Å². The molecule has 0 N–H and O–H groups in total. The van der Waals surface area contributed by atoms with Gasteiger partial charge >= 0.3 is 0 Å². The standard InChI is InChI=1S/C13H17N3O/c1-16-11-2-3-12(16)5-9(4-11)13(17)10-6-14-8-15-7-10/h6-9,11-12H,2-5H2,1H3. The Morgan fingerprint density at radius 1 is 1.24 bits per heavy atom. The van der Waals surface area contributed by atoms with E-state index in [0.717, 1.165) is 12.8 Å². The Bertz CT molecular complexity index is 406. The van der Waals surface area contributed by atoms with Crippen LogP contribution in [0, 0.1) is 5.92 Å². The minimum absolute atomic E-state index is 0.176. The molecule has 1 aromatic rings. The number of Topliss-reactive ketones (excluding diaryl/α,β-unsaturated/α-hetero) is 1. The van der Waals surface area contributed by atoms with Crippen LogP contribution in [0.1, 0.15) is 36.0 Å². The van der Waals surface area contributed by atoms with E-state index in [4.69, 9.17) is 0 Å². The van der Waals surface area contributed by atoms with Crippen LogP contribution in [0.2, 0.25) is 0 Å². The molecule has 4 heteroatoms. The molecule has 2 atom stereocenters. The van der Waals surface area contributed by atoms with E-state index in [1.165, 1.54) is 19.2 Å². The van der Waals surface area contributed by atoms with Gasteiger partial charge in [0.05, 0.1) is 5.56 Å². The number of piperidine rings is 1. The van der Waals surface area contributed by atoms with E-state index in [1.54, 1.807) is 12.4 Å². The van der Waals surface area contributed by atoms with Crippen molar-refractivity contribution in [3.8, 4) is 0 Å². The monoisotopic (exact) mass is 231 g/mol. The van der Waals surface area contributed by atoms with Gasteiger partial charge in [-0.1, -0.05) is 0 Å². The zero-order valence-corrected chi connectivity index (χ0v) is 10.0. The van der Waals surface area contributed by atoms with Crippen LogP contribution in [0.3, 0.4) is 0 Å². The first-order valence-corrected chi connectivity index (χ1v) is 6.27. The molecule has 2 bridgehead atoms. The summed E-state index contributed by atoms with van der Waals surface area (Å²) < 4.78 is 0. The molecule has 90 valence electrons. The van der Waals surface area contributed by atoms with Crippen LogP contribution in [0.4, 0.5) is 0 Å². The summed E-state index contributed by atoms with van der Waals surface area (Å²) in [5, 5.41) is 0. The number of nitrogens with zero attached hydrogens (tertiary/aromatic N) is 3. The highest BCUT2D eigenvalue weighted by atomic mass is 16.1. The van der Waals surface area contributed by atoms with Gasteiger partial charge in [-0.25, -0.2) is 9.97 Å². The predicted octanol–water partition coefficient (Wildman–Crippen LogP) is 1.53. The van der Waals surface area contributed by atoms with Crippen molar-refractivity contribution in [3.05, 3.63) is 24.3 Å². The molecule has 3 heterocycles. The normalized spacial score (nSPS) is 32.6. The van der Waals surface area contributed by atoms with Gasteiger partial charge < -0.3 is 4.90 Å². The highest BCUT2D eigenvalue weighted by Crippen LogP contribution is 2.38. The molecule has 0 spiro atoms. The van der Waals surface area contributed by atoms with Crippen molar-refractivity contribution in [1.82, 2.24) is 14.9 Å². The Kier molecular flexibility index (Phi) is 2.67. The zero-order chi connectivity index (χ0) is 11.8. The highest BCUT2D eigenvalue weighted by molar-refractivity contribution is 5.97. The van der Waals surface area contributed by atoms with Gasteiger partial charge in [-0.15, -0.1) is 0 Å². The molecule has 2 fully saturated rings. The Morgan fingerprint density at radius 3 is 2.41 bits per heavy atom. The molecule has 0 aliphatic carbocycles. The Labute approximate surface area is 101 Å². The molecule has 0 aromatic carbocycles. The number of fused-ring (bicyclic) bond motifs is 2. The third-order valence-electron chi connectivity index (χ3n) is 4.31. The molecule has 0 saturated carbocycles. The maximum atomic E-state index is 12.3. The van der Waals surface area contributed by atoms with Crippen molar-refractivity contribution in [2.24, 2.45) is 5.92 Å². The molecular formula is C13H17N3O. The second-order valence-electron chi connectivity index (χ2n) is 5.21. The molecule has 0 radical (unpaired) electrons. The van der Waals surface area contributed by atoms with Gasteiger partial charge in [-0.05, 0) is 32.7 Å². The van der Waals surface area contributed by atoms with Gasteiger partial charge in [0.1, 0.15) is 6.33 Å². The van der Waals surface area contributed by atoms with Crippen LogP contribution in [0.15, 0.2) is 18.7 Å². The first-order valence-electron chi connectivity index (χ1n) is 6.27. The fourth-order valence-corrected chi connectivity index (χ4v) is 3.29. The topological polar surface area (TPSA) is 46.1 Å². The fraction of sp³-hybridized carbons (Fsp3) is 0.615. The Hall–Kier alpha value is -1.29. The van der Waals surface area contributed by atoms with Crippen molar-refractivity contribution in [3.63, 3.8) is 0 Å². The van der Waals surface area contributed by atoms with Gasteiger partial charge in [0.15, 0.2) is 5.78 Å². The number of carbonyl (C=O) groups is 1. The molecule has 2 saturated heterocycles. The second-order valence-corrected chi connectivity index (χ2v) is 5.21. The predicted molar refractivity (Wildman–Crippen MR) is 63.7 cm³/mol. The summed E-state index contributed by atoms with van der Waals surface area (Å²) in [6.07, 6.45) is 9.23. The fourth-order valence-electron chi connectivity index (χ4n) is 3.29. The summed E-state index contributed by atoms with van der Waals surface area (Å²) in [5.74, 6) is 0.408. The van der Waals surface area contributed by atoms with Gasteiger partial charge in [0.25, 0.3) is 0 Å². The summed E-state index contributed by atoms with van der Waals surface area (Å²) in [4.78, 5) is 22.6. The average molecular weight is 231 g/mol. The molecule has 2 unspecified atom stereocenters. The van der Waals surface area contributed by atoms with E-state index in [1.807, 2.05) is 0 Å². The van der Waals surface area contributed by atoms with Crippen LogP contribution in [-0.2, 0) is 0 Å². The number of hydrogen-bond acceptors (Lipinski definition) is 4. The van der Waals surface area contributed by atoms with Gasteiger partial charge in [0, 0.05) is 30.4 Å². The van der Waals surface area contributed by atoms with E-state index in [2.05, 4.69) is 21.9 Å². The van der Waals surface area contributed by atoms with Crippen molar-refractivity contribution < 1.29 is 4.79 Å². The lowest BCUT2D eigenvalue weighted by Crippen LogP contribution is -2.42. The van der Waals surface area contributed by atoms with Crippen LogP contribution in [-0.4, -0.2) is 39.8 Å². The maximum Gasteiger partial charge on any atom is 0.169 e. The summed E-state index contributed by atoms with van der Waals surface area (Å²) in [6.45, 7) is 0. The van der Waals surface area contributed by atoms with Gasteiger partial charge in [-0.3, -0.25) is 4.79 Å². The third kappa shape index (κ3) is 1.86. The van der Waals surface area contributed by atoms with Crippen LogP contribution < -0.4 is 0 Å². The number of carbonyl (C=O) groups excluding carboxylic acids is 1. The molecule has 0 amide bonds. The van der Waals surface area contributed by atoms with Crippen molar-refractivity contribution >= 4 is 5.78 Å². The molecular weight excluding hydrogens is 214 g/mol. The first kappa shape index (κ1) is 10.8. The van der Waals surface area contributed by atoms with E-state index >= 15 is 0 Å². The molecule has 17 heavy (non-hydrogen) atoms. The van der Waals surface area contributed by atoms with Gasteiger partial charge in [-0.2, -0.15) is 0 Å². The second kappa shape index (κ2) is 4.18. The quantitative estimate of drug-likeness (QED) is 0.724. The Morgan fingerprint density at radius 2 is 1.82 bits per heavy atom. The van der Waals surface area contributed by atoms with Gasteiger partial charge in [0.2, 0.25) is 0 Å². The number of rotatable bonds is 2. The minimum atomic E-state index is 0.176. The van der Waals surface area contributed by atoms with Crippen LogP contribution in [0.5, 0.6) is 0 Å². The summed E-state index contributed by atoms with van der Waals surface area (Å²) >= 11 is 0. The van der Waals surface area contributed by atoms with E-state index in [-0.39, 0.29) is 11.7 Å². The SMILES string of the molecule is CN1C2CCC1CC(C(=O)c1cncnc1)C2. The minimum Gasteiger partial charge on any atom is -0.300 e. The number of aromatic nitrogens is 2. The molecule has 4 nitrogen and oxygen atoms in total. The highest BCUT2D eigenvalue weighted by Gasteiger charge is 2.40. The number of hydrogen-bond donors (Lipinski definition) is 0. The van der Waals surface area contributed by atoms with E-state index in [0.29, 0.717) is 17.6 Å². The first-order chi connectivity index (χ1) is 8.25. The lowest BCUT2D eigenvalue weighted by molar-refractivity contribution is 0.0766. The zero-order valence-electron chi connectivity index (χ0n) is 10.0. The lowest BCUT2D eigenvalue weighted by atomic mass is 9.86. The number of ketones is 1. The summed E-state index contributed by atoms with van der Waals surface area (Å²) in [6, 6.07) is 1.21. The molecule has 3 rings (SSSR count). The van der Waals surface area contributed by atoms with E-state index < -0.39 is 0 Å². The van der Waals surface area contributed by atoms with E-state index in [9.17, 15) is 4.79 Å². The molecule has 2 aliphatic heterocycles. The van der Waals surface area contributed by atoms with Crippen LogP contribution in [0.25, 0.3) is 0 Å². The molecule has 1 aromatic heterocycles. The van der Waals surface area contributed by atoms with Crippen molar-refractivity contribution in [2.45, 2.75) is 37.8 Å². The molecule has 2 aliphatic rings. The average Bonchev–Trinajstić information content (AvgIpc) is 2.61. The summed E-state index contributed by atoms with van der Waals surface area (Å²) in [5.41, 5.74) is 0.668. The van der Waals surface area contributed by atoms with Crippen molar-refractivity contribution in [2.75, 3.05) is 7.05 Å². The Balaban J connectivity index is 1.77. The largest absolute Gasteiger partial charge is 0.300 e. The third-order valence-corrected chi connectivity index (χ3v) is 4.31. The summed E-state index contributed by atoms with van der Waals surface area (Å²) in [7, 11) is 2.19. The van der Waals surface area contributed by atoms with Crippen LogP contribution >= 0.6 is 0 Å². The lowest BCUT2D eigenvalue weighted by Gasteiger charge is -2.35. The smallest absolute Gasteiger partial charge is 0.169 e. The maximum absolute atomic E-state index is 12.3.